The lowest BCUT2D eigenvalue weighted by atomic mass is 10.0. The lowest BCUT2D eigenvalue weighted by Crippen LogP contribution is -2.24. The lowest BCUT2D eigenvalue weighted by molar-refractivity contribution is -0.137. The first kappa shape index (κ1) is 14.6. The number of ether oxygens (including phenoxy) is 1. The van der Waals surface area contributed by atoms with E-state index in [4.69, 9.17) is 0 Å². The highest BCUT2D eigenvalue weighted by atomic mass is 32.2. The maximum atomic E-state index is 12.5. The van der Waals surface area contributed by atoms with Crippen LogP contribution in [0, 0.1) is 0 Å². The van der Waals surface area contributed by atoms with E-state index in [2.05, 4.69) is 4.74 Å². The molecule has 0 fully saturated rings. The van der Waals surface area contributed by atoms with Gasteiger partial charge in [-0.25, -0.2) is 4.79 Å². The number of carbonyl (C=O) groups excluding carboxylic acids is 1. The summed E-state index contributed by atoms with van der Waals surface area (Å²) in [4.78, 5) is 11.4. The third-order valence-electron chi connectivity index (χ3n) is 2.96. The first-order valence-electron chi connectivity index (χ1n) is 6.26. The zero-order chi connectivity index (χ0) is 14.4. The monoisotopic (exact) mass is 288 g/mol. The highest BCUT2D eigenvalue weighted by Crippen LogP contribution is 2.30. The molecule has 0 aliphatic carbocycles. The number of esters is 1. The van der Waals surface area contributed by atoms with Crippen molar-refractivity contribution in [3.8, 4) is 0 Å². The van der Waals surface area contributed by atoms with E-state index >= 15 is 0 Å². The van der Waals surface area contributed by atoms with E-state index in [0.29, 0.717) is 0 Å². The molecular formula is C16H16O3S. The second-order valence-electron chi connectivity index (χ2n) is 4.30. The van der Waals surface area contributed by atoms with Gasteiger partial charge >= 0.3 is 5.97 Å². The first-order chi connectivity index (χ1) is 9.72. The summed E-state index contributed by atoms with van der Waals surface area (Å²) in [5, 5.41) is -0.323. The minimum absolute atomic E-state index is 0.106. The average molecular weight is 288 g/mol. The fourth-order valence-corrected chi connectivity index (χ4v) is 3.45. The van der Waals surface area contributed by atoms with Crippen molar-refractivity contribution in [1.82, 2.24) is 0 Å². The Morgan fingerprint density at radius 1 is 1.05 bits per heavy atom. The van der Waals surface area contributed by atoms with Crippen LogP contribution in [-0.4, -0.2) is 23.4 Å². The standard InChI is InChI=1S/C16H16O3S/c1-19-15(17)12-20(18)16(13-8-4-2-5-9-13)14-10-6-3-7-11-14/h2-11,16H,12H2,1H3/t20-/m0/s1. The molecule has 0 aromatic heterocycles. The molecule has 0 N–H and O–H groups in total. The quantitative estimate of drug-likeness (QED) is 0.628. The molecule has 0 spiro atoms. The molecule has 2 aromatic rings. The van der Waals surface area contributed by atoms with Crippen LogP contribution < -0.4 is 0 Å². The summed E-state index contributed by atoms with van der Waals surface area (Å²) in [6, 6.07) is 19.1. The Bertz CT molecular complexity index is 503. The van der Waals surface area contributed by atoms with Crippen LogP contribution in [0.15, 0.2) is 60.7 Å². The summed E-state index contributed by atoms with van der Waals surface area (Å²) >= 11 is -1.36. The van der Waals surface area contributed by atoms with E-state index in [1.165, 1.54) is 7.11 Å². The molecule has 3 nitrogen and oxygen atoms in total. The minimum atomic E-state index is -1.36. The molecule has 0 unspecified atom stereocenters. The summed E-state index contributed by atoms with van der Waals surface area (Å²) < 4.78 is 17.1. The van der Waals surface area contributed by atoms with Crippen molar-refractivity contribution in [3.63, 3.8) is 0 Å². The van der Waals surface area contributed by atoms with Crippen molar-refractivity contribution in [2.75, 3.05) is 12.9 Å². The van der Waals surface area contributed by atoms with Crippen molar-refractivity contribution in [2.45, 2.75) is 5.25 Å². The van der Waals surface area contributed by atoms with Crippen molar-refractivity contribution in [3.05, 3.63) is 71.8 Å². The van der Waals surface area contributed by atoms with E-state index < -0.39 is 17.1 Å². The van der Waals surface area contributed by atoms with Gasteiger partial charge in [-0.2, -0.15) is 0 Å². The van der Waals surface area contributed by atoms with Gasteiger partial charge in [0.1, 0.15) is 0 Å². The molecule has 0 aliphatic rings. The predicted octanol–water partition coefficient (Wildman–Crippen LogP) is 2.70. The third-order valence-corrected chi connectivity index (χ3v) is 4.55. The Kier molecular flexibility index (Phi) is 5.21. The van der Waals surface area contributed by atoms with E-state index in [1.54, 1.807) is 0 Å². The molecule has 0 radical (unpaired) electrons. The minimum Gasteiger partial charge on any atom is -0.615 e. The van der Waals surface area contributed by atoms with E-state index in [-0.39, 0.29) is 11.0 Å². The van der Waals surface area contributed by atoms with Gasteiger partial charge in [-0.15, -0.1) is 0 Å². The first-order valence-corrected chi connectivity index (χ1v) is 7.64. The predicted molar refractivity (Wildman–Crippen MR) is 79.8 cm³/mol. The molecule has 1 atom stereocenters. The van der Waals surface area contributed by atoms with Crippen LogP contribution in [0.25, 0.3) is 0 Å². The molecule has 0 heterocycles. The highest BCUT2D eigenvalue weighted by molar-refractivity contribution is 7.92. The maximum absolute atomic E-state index is 12.5. The number of hydrogen-bond acceptors (Lipinski definition) is 3. The number of rotatable bonds is 5. The number of hydrogen-bond donors (Lipinski definition) is 0. The zero-order valence-electron chi connectivity index (χ0n) is 11.2. The van der Waals surface area contributed by atoms with Crippen molar-refractivity contribution >= 4 is 17.1 Å². The van der Waals surface area contributed by atoms with Gasteiger partial charge in [-0.3, -0.25) is 0 Å². The van der Waals surface area contributed by atoms with Gasteiger partial charge in [0.25, 0.3) is 0 Å². The van der Waals surface area contributed by atoms with E-state index in [1.807, 2.05) is 60.7 Å². The topological polar surface area (TPSA) is 49.4 Å². The van der Waals surface area contributed by atoms with E-state index in [9.17, 15) is 9.35 Å². The smallest absolute Gasteiger partial charge is 0.356 e. The summed E-state index contributed by atoms with van der Waals surface area (Å²) in [7, 11) is 1.31. The van der Waals surface area contributed by atoms with Gasteiger partial charge in [0.2, 0.25) is 5.75 Å². The van der Waals surface area contributed by atoms with Crippen LogP contribution >= 0.6 is 0 Å². The Balaban J connectivity index is 2.32. The van der Waals surface area contributed by atoms with Gasteiger partial charge in [0.15, 0.2) is 5.25 Å². The molecule has 2 aromatic carbocycles. The molecule has 2 rings (SSSR count). The SMILES string of the molecule is COC(=O)C[S@+]([O-])C(c1ccccc1)c1ccccc1. The van der Waals surface area contributed by atoms with Gasteiger partial charge in [-0.1, -0.05) is 60.7 Å². The van der Waals surface area contributed by atoms with Gasteiger partial charge in [0.05, 0.1) is 7.11 Å². The molecule has 4 heteroatoms. The van der Waals surface area contributed by atoms with Crippen LogP contribution in [0.1, 0.15) is 16.4 Å². The lowest BCUT2D eigenvalue weighted by Gasteiger charge is -2.21. The van der Waals surface area contributed by atoms with Gasteiger partial charge < -0.3 is 9.29 Å². The van der Waals surface area contributed by atoms with Crippen molar-refractivity contribution in [2.24, 2.45) is 0 Å². The number of methoxy groups -OCH3 is 1. The zero-order valence-corrected chi connectivity index (χ0v) is 12.0. The molecule has 20 heavy (non-hydrogen) atoms. The van der Waals surface area contributed by atoms with Crippen molar-refractivity contribution < 1.29 is 14.1 Å². The molecular weight excluding hydrogens is 272 g/mol. The number of carbonyl (C=O) groups is 1. The van der Waals surface area contributed by atoms with Crippen LogP contribution in [0.3, 0.4) is 0 Å². The fraction of sp³-hybridized carbons (Fsp3) is 0.188. The fourth-order valence-electron chi connectivity index (χ4n) is 2.01. The highest BCUT2D eigenvalue weighted by Gasteiger charge is 2.28. The van der Waals surface area contributed by atoms with Gasteiger partial charge in [0, 0.05) is 11.1 Å². The molecule has 0 saturated carbocycles. The van der Waals surface area contributed by atoms with E-state index in [0.717, 1.165) is 11.1 Å². The maximum Gasteiger partial charge on any atom is 0.356 e. The normalized spacial score (nSPS) is 12.2. The molecule has 0 amide bonds. The Morgan fingerprint density at radius 2 is 1.50 bits per heavy atom. The summed E-state index contributed by atoms with van der Waals surface area (Å²) in [6.07, 6.45) is 0. The molecule has 0 aliphatic heterocycles. The van der Waals surface area contributed by atoms with Crippen molar-refractivity contribution in [1.29, 1.82) is 0 Å². The van der Waals surface area contributed by atoms with Gasteiger partial charge in [-0.05, 0) is 11.2 Å². The average Bonchev–Trinajstić information content (AvgIpc) is 2.49. The van der Waals surface area contributed by atoms with Crippen LogP contribution in [0.5, 0.6) is 0 Å². The number of benzene rings is 2. The second-order valence-corrected chi connectivity index (χ2v) is 5.82. The summed E-state index contributed by atoms with van der Waals surface area (Å²) in [6.45, 7) is 0. The third kappa shape index (κ3) is 3.62. The van der Waals surface area contributed by atoms with Crippen LogP contribution in [0.4, 0.5) is 0 Å². The largest absolute Gasteiger partial charge is 0.615 e. The van der Waals surface area contributed by atoms with Crippen LogP contribution in [-0.2, 0) is 20.7 Å². The summed E-state index contributed by atoms with van der Waals surface area (Å²) in [5.74, 6) is -0.564. The van der Waals surface area contributed by atoms with Crippen LogP contribution in [0.2, 0.25) is 0 Å². The second kappa shape index (κ2) is 7.12. The Hall–Kier alpha value is -1.78. The Labute approximate surface area is 121 Å². The molecule has 0 saturated heterocycles. The summed E-state index contributed by atoms with van der Waals surface area (Å²) in [5.41, 5.74) is 1.86. The molecule has 104 valence electrons. The Morgan fingerprint density at radius 3 is 1.90 bits per heavy atom. The molecule has 0 bridgehead atoms.